The molecule has 0 atom stereocenters. The third-order valence-corrected chi connectivity index (χ3v) is 3.19. The maximum atomic E-state index is 12.1. The van der Waals surface area contributed by atoms with Crippen LogP contribution in [-0.2, 0) is 14.3 Å². The first-order chi connectivity index (χ1) is 11.4. The van der Waals surface area contributed by atoms with E-state index in [0.29, 0.717) is 10.5 Å². The predicted octanol–water partition coefficient (Wildman–Crippen LogP) is 0.669. The SMILES string of the molecule is COC(=O)CN1C(=O)N/C(=C/c2ccc(OC)c([N+](=O)[O-])c2)C1=O. The third kappa shape index (κ3) is 3.32. The number of rotatable bonds is 5. The Kier molecular flexibility index (Phi) is 4.78. The lowest BCUT2D eigenvalue weighted by Crippen LogP contribution is -2.36. The van der Waals surface area contributed by atoms with Crippen molar-refractivity contribution in [3.05, 3.63) is 39.6 Å². The molecule has 1 saturated heterocycles. The second kappa shape index (κ2) is 6.77. The van der Waals surface area contributed by atoms with Crippen LogP contribution in [0.2, 0.25) is 0 Å². The van der Waals surface area contributed by atoms with E-state index in [9.17, 15) is 24.5 Å². The molecule has 24 heavy (non-hydrogen) atoms. The van der Waals surface area contributed by atoms with Gasteiger partial charge in [0, 0.05) is 6.07 Å². The van der Waals surface area contributed by atoms with E-state index in [0.717, 1.165) is 7.11 Å². The first-order valence-electron chi connectivity index (χ1n) is 6.61. The van der Waals surface area contributed by atoms with Gasteiger partial charge in [0.15, 0.2) is 5.75 Å². The molecule has 0 saturated carbocycles. The lowest BCUT2D eigenvalue weighted by Gasteiger charge is -2.09. The molecule has 1 aromatic carbocycles. The van der Waals surface area contributed by atoms with Crippen LogP contribution in [0.1, 0.15) is 5.56 Å². The van der Waals surface area contributed by atoms with Crippen LogP contribution in [0, 0.1) is 10.1 Å². The zero-order chi connectivity index (χ0) is 17.9. The number of carbonyl (C=O) groups is 3. The first kappa shape index (κ1) is 16.9. The molecule has 1 heterocycles. The highest BCUT2D eigenvalue weighted by molar-refractivity contribution is 6.15. The van der Waals surface area contributed by atoms with Crippen molar-refractivity contribution in [3.8, 4) is 5.75 Å². The summed E-state index contributed by atoms with van der Waals surface area (Å²) in [6.07, 6.45) is 1.27. The van der Waals surface area contributed by atoms with Gasteiger partial charge in [-0.3, -0.25) is 19.7 Å². The van der Waals surface area contributed by atoms with Crippen LogP contribution in [0.5, 0.6) is 5.75 Å². The lowest BCUT2D eigenvalue weighted by atomic mass is 10.1. The number of ether oxygens (including phenoxy) is 2. The molecule has 1 aliphatic rings. The molecule has 126 valence electrons. The second-order valence-corrected chi connectivity index (χ2v) is 4.64. The molecule has 0 aliphatic carbocycles. The number of hydrogen-bond acceptors (Lipinski definition) is 7. The van der Waals surface area contributed by atoms with Gasteiger partial charge >= 0.3 is 17.7 Å². The summed E-state index contributed by atoms with van der Waals surface area (Å²) in [6, 6.07) is 3.28. The Balaban J connectivity index is 2.30. The third-order valence-electron chi connectivity index (χ3n) is 3.19. The molecule has 1 aliphatic heterocycles. The van der Waals surface area contributed by atoms with Crippen LogP contribution in [0.25, 0.3) is 6.08 Å². The van der Waals surface area contributed by atoms with Crippen molar-refractivity contribution in [1.29, 1.82) is 0 Å². The Morgan fingerprint density at radius 2 is 2.08 bits per heavy atom. The maximum Gasteiger partial charge on any atom is 0.329 e. The summed E-state index contributed by atoms with van der Waals surface area (Å²) in [5.74, 6) is -1.42. The van der Waals surface area contributed by atoms with Crippen molar-refractivity contribution < 1.29 is 28.8 Å². The van der Waals surface area contributed by atoms with Crippen LogP contribution in [0.3, 0.4) is 0 Å². The van der Waals surface area contributed by atoms with Gasteiger partial charge in [-0.05, 0) is 17.7 Å². The van der Waals surface area contributed by atoms with E-state index >= 15 is 0 Å². The monoisotopic (exact) mass is 335 g/mol. The Bertz CT molecular complexity index is 757. The number of nitrogens with zero attached hydrogens (tertiary/aromatic N) is 2. The average molecular weight is 335 g/mol. The number of amides is 3. The molecule has 2 rings (SSSR count). The molecule has 1 aromatic rings. The quantitative estimate of drug-likeness (QED) is 0.275. The van der Waals surface area contributed by atoms with E-state index < -0.39 is 29.4 Å². The largest absolute Gasteiger partial charge is 0.490 e. The highest BCUT2D eigenvalue weighted by Gasteiger charge is 2.35. The van der Waals surface area contributed by atoms with Gasteiger partial charge < -0.3 is 14.8 Å². The van der Waals surface area contributed by atoms with Gasteiger partial charge in [-0.15, -0.1) is 0 Å². The van der Waals surface area contributed by atoms with Gasteiger partial charge in [-0.25, -0.2) is 9.69 Å². The van der Waals surface area contributed by atoms with E-state index in [1.807, 2.05) is 0 Å². The van der Waals surface area contributed by atoms with Gasteiger partial charge in [0.1, 0.15) is 12.2 Å². The highest BCUT2D eigenvalue weighted by atomic mass is 16.6. The summed E-state index contributed by atoms with van der Waals surface area (Å²) in [5, 5.41) is 13.3. The molecule has 0 spiro atoms. The molecular weight excluding hydrogens is 322 g/mol. The highest BCUT2D eigenvalue weighted by Crippen LogP contribution is 2.28. The summed E-state index contributed by atoms with van der Waals surface area (Å²) < 4.78 is 9.29. The van der Waals surface area contributed by atoms with Crippen molar-refractivity contribution in [3.63, 3.8) is 0 Å². The van der Waals surface area contributed by atoms with Crippen LogP contribution in [0.4, 0.5) is 10.5 Å². The maximum absolute atomic E-state index is 12.1. The molecule has 1 N–H and O–H groups in total. The molecule has 0 unspecified atom stereocenters. The predicted molar refractivity (Wildman–Crippen MR) is 79.9 cm³/mol. The van der Waals surface area contributed by atoms with Crippen molar-refractivity contribution in [2.75, 3.05) is 20.8 Å². The minimum atomic E-state index is -0.778. The Labute approximate surface area is 135 Å². The van der Waals surface area contributed by atoms with Crippen molar-refractivity contribution in [1.82, 2.24) is 10.2 Å². The summed E-state index contributed by atoms with van der Waals surface area (Å²) in [5.41, 5.74) is -0.0792. The molecule has 0 aromatic heterocycles. The minimum absolute atomic E-state index is 0.0660. The zero-order valence-corrected chi connectivity index (χ0v) is 12.8. The normalized spacial score (nSPS) is 15.4. The van der Waals surface area contributed by atoms with Gasteiger partial charge in [0.25, 0.3) is 5.91 Å². The van der Waals surface area contributed by atoms with Crippen molar-refractivity contribution in [2.24, 2.45) is 0 Å². The van der Waals surface area contributed by atoms with Gasteiger partial charge in [0.2, 0.25) is 0 Å². The number of nitro benzene ring substituents is 1. The van der Waals surface area contributed by atoms with Crippen LogP contribution in [0.15, 0.2) is 23.9 Å². The van der Waals surface area contributed by atoms with Crippen LogP contribution >= 0.6 is 0 Å². The van der Waals surface area contributed by atoms with Gasteiger partial charge in [-0.1, -0.05) is 6.07 Å². The molecular formula is C14H13N3O7. The fourth-order valence-corrected chi connectivity index (χ4v) is 2.01. The average Bonchev–Trinajstić information content (AvgIpc) is 2.82. The van der Waals surface area contributed by atoms with Crippen molar-refractivity contribution >= 4 is 29.7 Å². The first-order valence-corrected chi connectivity index (χ1v) is 6.61. The number of carbonyl (C=O) groups excluding carboxylic acids is 3. The number of imide groups is 1. The fraction of sp³-hybridized carbons (Fsp3) is 0.214. The van der Waals surface area contributed by atoms with E-state index in [2.05, 4.69) is 10.1 Å². The number of esters is 1. The van der Waals surface area contributed by atoms with Crippen LogP contribution < -0.4 is 10.1 Å². The number of benzene rings is 1. The van der Waals surface area contributed by atoms with Crippen molar-refractivity contribution in [2.45, 2.75) is 0 Å². The second-order valence-electron chi connectivity index (χ2n) is 4.64. The summed E-state index contributed by atoms with van der Waals surface area (Å²) >= 11 is 0. The lowest BCUT2D eigenvalue weighted by molar-refractivity contribution is -0.385. The Hall–Kier alpha value is -3.43. The van der Waals surface area contributed by atoms with Gasteiger partial charge in [-0.2, -0.15) is 0 Å². The standard InChI is InChI=1S/C14H13N3O7/c1-23-11-4-3-8(6-10(11)17(21)22)5-9-13(19)16(14(20)15-9)7-12(18)24-2/h3-6H,7H2,1-2H3,(H,15,20)/b9-5+. The smallest absolute Gasteiger partial charge is 0.329 e. The van der Waals surface area contributed by atoms with Crippen LogP contribution in [-0.4, -0.2) is 48.5 Å². The number of nitrogens with one attached hydrogen (secondary N) is 1. The number of methoxy groups -OCH3 is 2. The zero-order valence-electron chi connectivity index (χ0n) is 12.8. The van der Waals surface area contributed by atoms with E-state index in [1.54, 1.807) is 0 Å². The fourth-order valence-electron chi connectivity index (χ4n) is 2.01. The van der Waals surface area contributed by atoms with E-state index in [-0.39, 0.29) is 17.1 Å². The molecule has 0 bridgehead atoms. The summed E-state index contributed by atoms with van der Waals surface area (Å²) in [4.78, 5) is 46.1. The topological polar surface area (TPSA) is 128 Å². The molecule has 3 amide bonds. The Morgan fingerprint density at radius 3 is 2.67 bits per heavy atom. The number of urea groups is 1. The minimum Gasteiger partial charge on any atom is -0.490 e. The summed E-state index contributed by atoms with van der Waals surface area (Å²) in [7, 11) is 2.43. The van der Waals surface area contributed by atoms with E-state index in [4.69, 9.17) is 4.74 Å². The molecule has 10 nitrogen and oxygen atoms in total. The number of hydrogen-bond donors (Lipinski definition) is 1. The van der Waals surface area contributed by atoms with Gasteiger partial charge in [0.05, 0.1) is 19.1 Å². The molecule has 1 fully saturated rings. The molecule has 0 radical (unpaired) electrons. The summed E-state index contributed by atoms with van der Waals surface area (Å²) in [6.45, 7) is -0.527. The Morgan fingerprint density at radius 1 is 1.38 bits per heavy atom. The number of nitro groups is 1. The van der Waals surface area contributed by atoms with E-state index in [1.165, 1.54) is 31.4 Å². The molecule has 10 heteroatoms.